The number of fused-ring (bicyclic) bond motifs is 1. The summed E-state index contributed by atoms with van der Waals surface area (Å²) in [6.07, 6.45) is 0. The molecule has 140 valence electrons. The van der Waals surface area contributed by atoms with Gasteiger partial charge in [0.25, 0.3) is 5.91 Å². The van der Waals surface area contributed by atoms with Crippen LogP contribution in [0.2, 0.25) is 0 Å². The predicted molar refractivity (Wildman–Crippen MR) is 108 cm³/mol. The summed E-state index contributed by atoms with van der Waals surface area (Å²) in [6, 6.07) is 16.0. The first-order valence-electron chi connectivity index (χ1n) is 8.45. The van der Waals surface area contributed by atoms with Crippen LogP contribution in [0.25, 0.3) is 0 Å². The number of nitrogens with zero attached hydrogens (tertiary/aromatic N) is 2. The van der Waals surface area contributed by atoms with E-state index in [0.29, 0.717) is 16.5 Å². The van der Waals surface area contributed by atoms with Crippen LogP contribution in [0.1, 0.15) is 10.4 Å². The number of hydrogen-bond acceptors (Lipinski definition) is 5. The number of anilines is 1. The average molecular weight is 402 g/mol. The summed E-state index contributed by atoms with van der Waals surface area (Å²) in [7, 11) is -1.51. The first-order chi connectivity index (χ1) is 13.0. The van der Waals surface area contributed by atoms with Crippen molar-refractivity contribution < 1.29 is 17.9 Å². The van der Waals surface area contributed by atoms with Crippen molar-refractivity contribution in [3.05, 3.63) is 60.2 Å². The molecule has 2 aromatic carbocycles. The SMILES string of the molecule is COc1ccc(C(=O)N=C2S[C@H]3CS(=O)(=O)C[C@@H]3N2c2ccccc2)cc1. The molecule has 0 radical (unpaired) electrons. The average Bonchev–Trinajstić information content (AvgIpc) is 3.13. The van der Waals surface area contributed by atoms with Gasteiger partial charge >= 0.3 is 0 Å². The molecule has 6 nitrogen and oxygen atoms in total. The predicted octanol–water partition coefficient (Wildman–Crippen LogP) is 2.61. The lowest BCUT2D eigenvalue weighted by atomic mass is 10.2. The minimum absolute atomic E-state index is 0.0787. The molecule has 2 aromatic rings. The normalized spacial score (nSPS) is 24.8. The van der Waals surface area contributed by atoms with Crippen LogP contribution in [-0.4, -0.2) is 49.4 Å². The van der Waals surface area contributed by atoms with Crippen LogP contribution in [0.3, 0.4) is 0 Å². The molecule has 2 aliphatic rings. The fourth-order valence-electron chi connectivity index (χ4n) is 3.34. The van der Waals surface area contributed by atoms with Gasteiger partial charge in [-0.15, -0.1) is 0 Å². The van der Waals surface area contributed by atoms with Gasteiger partial charge in [0, 0.05) is 16.5 Å². The highest BCUT2D eigenvalue weighted by Gasteiger charge is 2.49. The monoisotopic (exact) mass is 402 g/mol. The maximum absolute atomic E-state index is 12.6. The third-order valence-corrected chi connectivity index (χ3v) is 7.84. The summed E-state index contributed by atoms with van der Waals surface area (Å²) < 4.78 is 29.3. The van der Waals surface area contributed by atoms with E-state index >= 15 is 0 Å². The number of methoxy groups -OCH3 is 1. The number of hydrogen-bond donors (Lipinski definition) is 0. The second kappa shape index (κ2) is 7.01. The van der Waals surface area contributed by atoms with Crippen LogP contribution >= 0.6 is 11.8 Å². The molecule has 4 rings (SSSR count). The Kier molecular flexibility index (Phi) is 4.69. The van der Waals surface area contributed by atoms with Crippen molar-refractivity contribution in [1.29, 1.82) is 0 Å². The summed E-state index contributed by atoms with van der Waals surface area (Å²) in [4.78, 5) is 18.8. The summed E-state index contributed by atoms with van der Waals surface area (Å²) in [6.45, 7) is 0. The number of rotatable bonds is 3. The van der Waals surface area contributed by atoms with Crippen LogP contribution in [0, 0.1) is 0 Å². The minimum atomic E-state index is -3.07. The van der Waals surface area contributed by atoms with E-state index < -0.39 is 9.84 Å². The summed E-state index contributed by atoms with van der Waals surface area (Å²) in [5.41, 5.74) is 1.30. The van der Waals surface area contributed by atoms with Crippen molar-refractivity contribution in [3.8, 4) is 5.75 Å². The molecule has 2 atom stereocenters. The summed E-state index contributed by atoms with van der Waals surface area (Å²) in [5.74, 6) is 0.500. The molecule has 2 aliphatic heterocycles. The van der Waals surface area contributed by atoms with Gasteiger partial charge in [-0.2, -0.15) is 4.99 Å². The number of amides is 1. The number of thioether (sulfide) groups is 1. The Morgan fingerprint density at radius 1 is 1.11 bits per heavy atom. The number of aliphatic imine (C=N–C) groups is 1. The molecule has 0 saturated carbocycles. The van der Waals surface area contributed by atoms with Gasteiger partial charge in [0.1, 0.15) is 5.75 Å². The molecular formula is C19H18N2O4S2. The van der Waals surface area contributed by atoms with E-state index in [-0.39, 0.29) is 28.7 Å². The van der Waals surface area contributed by atoms with Gasteiger partial charge < -0.3 is 9.64 Å². The van der Waals surface area contributed by atoms with E-state index in [1.165, 1.54) is 11.8 Å². The van der Waals surface area contributed by atoms with Gasteiger partial charge in [-0.25, -0.2) is 8.42 Å². The smallest absolute Gasteiger partial charge is 0.279 e. The van der Waals surface area contributed by atoms with E-state index in [1.807, 2.05) is 35.2 Å². The van der Waals surface area contributed by atoms with Crippen molar-refractivity contribution in [2.45, 2.75) is 11.3 Å². The lowest BCUT2D eigenvalue weighted by molar-refractivity contribution is 0.100. The Labute approximate surface area is 162 Å². The van der Waals surface area contributed by atoms with E-state index in [0.717, 1.165) is 5.69 Å². The molecule has 1 amide bonds. The number of carbonyl (C=O) groups is 1. The van der Waals surface area contributed by atoms with Gasteiger partial charge in [0.05, 0.1) is 24.7 Å². The van der Waals surface area contributed by atoms with E-state index in [4.69, 9.17) is 4.74 Å². The third kappa shape index (κ3) is 3.59. The summed E-state index contributed by atoms with van der Waals surface area (Å²) >= 11 is 1.37. The molecular weight excluding hydrogens is 384 g/mol. The van der Waals surface area contributed by atoms with E-state index in [9.17, 15) is 13.2 Å². The Hall–Kier alpha value is -2.32. The van der Waals surface area contributed by atoms with Crippen molar-refractivity contribution in [3.63, 3.8) is 0 Å². The second-order valence-electron chi connectivity index (χ2n) is 6.43. The number of amidine groups is 1. The van der Waals surface area contributed by atoms with Crippen LogP contribution in [0.5, 0.6) is 5.75 Å². The highest BCUT2D eigenvalue weighted by Crippen LogP contribution is 2.40. The van der Waals surface area contributed by atoms with Crippen molar-refractivity contribution in [1.82, 2.24) is 0 Å². The maximum Gasteiger partial charge on any atom is 0.279 e. The number of carbonyl (C=O) groups excluding carboxylic acids is 1. The fourth-order valence-corrected chi connectivity index (χ4v) is 7.25. The number of sulfone groups is 1. The van der Waals surface area contributed by atoms with Crippen molar-refractivity contribution >= 4 is 38.4 Å². The highest BCUT2D eigenvalue weighted by atomic mass is 32.2. The zero-order chi connectivity index (χ0) is 19.0. The molecule has 2 heterocycles. The number of para-hydroxylation sites is 1. The first-order valence-corrected chi connectivity index (χ1v) is 11.2. The fraction of sp³-hybridized carbons (Fsp3) is 0.263. The summed E-state index contributed by atoms with van der Waals surface area (Å²) in [5, 5.41) is 0.435. The standard InChI is InChI=1S/C19H18N2O4S2/c1-25-15-9-7-13(8-10-15)18(22)20-19-21(14-5-3-2-4-6-14)16-11-27(23,24)12-17(16)26-19/h2-10,16-17H,11-12H2,1H3/t16-,17-/m0/s1. The van der Waals surface area contributed by atoms with Crippen LogP contribution in [0.4, 0.5) is 5.69 Å². The van der Waals surface area contributed by atoms with Gasteiger partial charge in [0.15, 0.2) is 15.0 Å². The molecule has 8 heteroatoms. The lowest BCUT2D eigenvalue weighted by Crippen LogP contribution is -2.37. The zero-order valence-electron chi connectivity index (χ0n) is 14.6. The van der Waals surface area contributed by atoms with Crippen molar-refractivity contribution in [2.75, 3.05) is 23.5 Å². The highest BCUT2D eigenvalue weighted by molar-refractivity contribution is 8.16. The first kappa shape index (κ1) is 18.1. The molecule has 0 unspecified atom stereocenters. The second-order valence-corrected chi connectivity index (χ2v) is 9.79. The maximum atomic E-state index is 12.6. The zero-order valence-corrected chi connectivity index (χ0v) is 16.2. The van der Waals surface area contributed by atoms with Gasteiger partial charge in [0.2, 0.25) is 0 Å². The number of benzene rings is 2. The van der Waals surface area contributed by atoms with Gasteiger partial charge in [-0.3, -0.25) is 4.79 Å². The van der Waals surface area contributed by atoms with Gasteiger partial charge in [-0.05, 0) is 36.4 Å². The molecule has 0 aliphatic carbocycles. The molecule has 2 saturated heterocycles. The topological polar surface area (TPSA) is 76.0 Å². The van der Waals surface area contributed by atoms with E-state index in [1.54, 1.807) is 31.4 Å². The van der Waals surface area contributed by atoms with Crippen LogP contribution in [0.15, 0.2) is 59.6 Å². The Morgan fingerprint density at radius 2 is 1.81 bits per heavy atom. The quantitative estimate of drug-likeness (QED) is 0.786. The molecule has 0 spiro atoms. The Bertz CT molecular complexity index is 988. The van der Waals surface area contributed by atoms with Crippen molar-refractivity contribution in [2.24, 2.45) is 4.99 Å². The van der Waals surface area contributed by atoms with Crippen LogP contribution in [-0.2, 0) is 9.84 Å². The lowest BCUT2D eigenvalue weighted by Gasteiger charge is -2.24. The van der Waals surface area contributed by atoms with Crippen LogP contribution < -0.4 is 9.64 Å². The molecule has 0 N–H and O–H groups in total. The molecule has 2 fully saturated rings. The van der Waals surface area contributed by atoms with E-state index in [2.05, 4.69) is 4.99 Å². The Morgan fingerprint density at radius 3 is 2.48 bits per heavy atom. The molecule has 0 bridgehead atoms. The largest absolute Gasteiger partial charge is 0.497 e. The molecule has 0 aromatic heterocycles. The van der Waals surface area contributed by atoms with Gasteiger partial charge in [-0.1, -0.05) is 30.0 Å². The molecule has 27 heavy (non-hydrogen) atoms. The third-order valence-electron chi connectivity index (χ3n) is 4.64. The Balaban J connectivity index is 1.68. The number of ether oxygens (including phenoxy) is 1. The minimum Gasteiger partial charge on any atom is -0.497 e.